The van der Waals surface area contributed by atoms with Gasteiger partial charge in [-0.3, -0.25) is 5.10 Å². The number of halogens is 1. The molecule has 3 rings (SSSR count). The molecular formula is C14H18IN5. The van der Waals surface area contributed by atoms with Gasteiger partial charge in [0.05, 0.1) is 0 Å². The monoisotopic (exact) mass is 383 g/mol. The first-order valence-electron chi connectivity index (χ1n) is 6.87. The molecule has 0 spiro atoms. The van der Waals surface area contributed by atoms with Crippen molar-refractivity contribution in [1.82, 2.24) is 20.5 Å². The normalized spacial score (nSPS) is 16.6. The minimum Gasteiger partial charge on any atom is -0.339 e. The fourth-order valence-corrected chi connectivity index (χ4v) is 3.18. The molecule has 5 nitrogen and oxygen atoms in total. The molecule has 0 saturated carbocycles. The predicted molar refractivity (Wildman–Crippen MR) is 88.8 cm³/mol. The Morgan fingerprint density at radius 3 is 2.75 bits per heavy atom. The first-order valence-corrected chi connectivity index (χ1v) is 7.95. The molecular weight excluding hydrogens is 365 g/mol. The fraction of sp³-hybridized carbons (Fsp3) is 0.429. The Bertz CT molecular complexity index is 574. The Morgan fingerprint density at radius 1 is 1.30 bits per heavy atom. The molecule has 6 heteroatoms. The molecule has 0 unspecified atom stereocenters. The van der Waals surface area contributed by atoms with Gasteiger partial charge in [-0.25, -0.2) is 0 Å². The summed E-state index contributed by atoms with van der Waals surface area (Å²) < 4.78 is 1.18. The van der Waals surface area contributed by atoms with E-state index in [4.69, 9.17) is 0 Å². The minimum atomic E-state index is 0.625. The molecule has 0 aliphatic carbocycles. The largest absolute Gasteiger partial charge is 0.339 e. The van der Waals surface area contributed by atoms with Gasteiger partial charge in [0, 0.05) is 28.3 Å². The van der Waals surface area contributed by atoms with Crippen LogP contribution in [0.25, 0.3) is 11.4 Å². The van der Waals surface area contributed by atoms with Crippen LogP contribution < -0.4 is 10.2 Å². The average molecular weight is 383 g/mol. The van der Waals surface area contributed by atoms with E-state index in [1.54, 1.807) is 0 Å². The van der Waals surface area contributed by atoms with Crippen LogP contribution in [0.2, 0.25) is 0 Å². The summed E-state index contributed by atoms with van der Waals surface area (Å²) in [5.41, 5.74) is 1.11. The highest BCUT2D eigenvalue weighted by Crippen LogP contribution is 2.24. The van der Waals surface area contributed by atoms with Crippen molar-refractivity contribution in [3.63, 3.8) is 0 Å². The van der Waals surface area contributed by atoms with Crippen LogP contribution in [0.5, 0.6) is 0 Å². The maximum Gasteiger partial charge on any atom is 0.245 e. The number of hydrogen-bond donors (Lipinski definition) is 2. The maximum atomic E-state index is 4.65. The van der Waals surface area contributed by atoms with Gasteiger partial charge < -0.3 is 10.2 Å². The Labute approximate surface area is 132 Å². The zero-order chi connectivity index (χ0) is 13.9. The van der Waals surface area contributed by atoms with E-state index in [1.165, 1.54) is 3.57 Å². The Morgan fingerprint density at radius 2 is 2.05 bits per heavy atom. The summed E-state index contributed by atoms with van der Waals surface area (Å²) in [6.45, 7) is 2.02. The van der Waals surface area contributed by atoms with Gasteiger partial charge in [-0.2, -0.15) is 4.98 Å². The molecule has 2 heterocycles. The molecule has 2 aromatic rings. The third-order valence-electron chi connectivity index (χ3n) is 3.79. The van der Waals surface area contributed by atoms with E-state index in [0.29, 0.717) is 6.04 Å². The third-order valence-corrected chi connectivity index (χ3v) is 4.73. The topological polar surface area (TPSA) is 56.8 Å². The standard InChI is InChI=1S/C14H18IN5/c1-16-10-6-8-20(9-7-10)14-17-13(18-19-14)11-4-2-3-5-12(11)15/h2-5,10,16H,6-9H2,1H3,(H,17,18,19). The van der Waals surface area contributed by atoms with Crippen LogP contribution in [-0.4, -0.2) is 41.4 Å². The molecule has 0 atom stereocenters. The molecule has 1 saturated heterocycles. The number of piperidine rings is 1. The van der Waals surface area contributed by atoms with Gasteiger partial charge >= 0.3 is 0 Å². The van der Waals surface area contributed by atoms with Crippen LogP contribution in [0.4, 0.5) is 5.95 Å². The quantitative estimate of drug-likeness (QED) is 0.799. The molecule has 0 amide bonds. The predicted octanol–water partition coefficient (Wildman–Crippen LogP) is 2.26. The summed E-state index contributed by atoms with van der Waals surface area (Å²) >= 11 is 2.33. The second-order valence-corrected chi connectivity index (χ2v) is 6.18. The van der Waals surface area contributed by atoms with Crippen molar-refractivity contribution in [2.75, 3.05) is 25.0 Å². The zero-order valence-electron chi connectivity index (χ0n) is 11.4. The van der Waals surface area contributed by atoms with Crippen LogP contribution in [0.3, 0.4) is 0 Å². The van der Waals surface area contributed by atoms with Crippen molar-refractivity contribution >= 4 is 28.5 Å². The molecule has 1 fully saturated rings. The Hall–Kier alpha value is -1.15. The minimum absolute atomic E-state index is 0.625. The van der Waals surface area contributed by atoms with Crippen molar-refractivity contribution in [3.8, 4) is 11.4 Å². The van der Waals surface area contributed by atoms with Gasteiger partial charge in [0.15, 0.2) is 5.82 Å². The lowest BCUT2D eigenvalue weighted by Gasteiger charge is -2.30. The van der Waals surface area contributed by atoms with Gasteiger partial charge in [0.1, 0.15) is 0 Å². The van der Waals surface area contributed by atoms with Crippen molar-refractivity contribution < 1.29 is 0 Å². The summed E-state index contributed by atoms with van der Waals surface area (Å²) in [6, 6.07) is 8.83. The molecule has 106 valence electrons. The van der Waals surface area contributed by atoms with Crippen molar-refractivity contribution in [3.05, 3.63) is 27.8 Å². The SMILES string of the molecule is CNC1CCN(c2n[nH]c(-c3ccccc3I)n2)CC1. The number of aromatic nitrogens is 3. The number of rotatable bonds is 3. The van der Waals surface area contributed by atoms with Crippen molar-refractivity contribution in [2.24, 2.45) is 0 Å². The van der Waals surface area contributed by atoms with E-state index in [1.807, 2.05) is 19.2 Å². The molecule has 1 aliphatic rings. The fourth-order valence-electron chi connectivity index (χ4n) is 2.54. The van der Waals surface area contributed by atoms with Gasteiger partial charge in [0.2, 0.25) is 5.95 Å². The van der Waals surface area contributed by atoms with Gasteiger partial charge in [-0.1, -0.05) is 18.2 Å². The number of hydrogen-bond acceptors (Lipinski definition) is 4. The number of benzene rings is 1. The molecule has 1 aromatic carbocycles. The third kappa shape index (κ3) is 2.80. The van der Waals surface area contributed by atoms with E-state index in [2.05, 4.69) is 60.1 Å². The van der Waals surface area contributed by atoms with Gasteiger partial charge in [-0.05, 0) is 48.5 Å². The number of nitrogens with zero attached hydrogens (tertiary/aromatic N) is 3. The van der Waals surface area contributed by atoms with E-state index in [9.17, 15) is 0 Å². The highest BCUT2D eigenvalue weighted by Gasteiger charge is 2.21. The molecule has 20 heavy (non-hydrogen) atoms. The van der Waals surface area contributed by atoms with E-state index in [0.717, 1.165) is 43.3 Å². The average Bonchev–Trinajstić information content (AvgIpc) is 2.97. The summed E-state index contributed by atoms with van der Waals surface area (Å²) in [5.74, 6) is 1.66. The lowest BCUT2D eigenvalue weighted by Crippen LogP contribution is -2.41. The summed E-state index contributed by atoms with van der Waals surface area (Å²) in [7, 11) is 2.03. The highest BCUT2D eigenvalue weighted by molar-refractivity contribution is 14.1. The summed E-state index contributed by atoms with van der Waals surface area (Å²) in [4.78, 5) is 6.90. The van der Waals surface area contributed by atoms with Crippen LogP contribution in [0.15, 0.2) is 24.3 Å². The Kier molecular flexibility index (Phi) is 4.21. The van der Waals surface area contributed by atoms with Crippen LogP contribution in [0.1, 0.15) is 12.8 Å². The highest BCUT2D eigenvalue weighted by atomic mass is 127. The first-order chi connectivity index (χ1) is 9.78. The van der Waals surface area contributed by atoms with Gasteiger partial charge in [-0.15, -0.1) is 5.10 Å². The second-order valence-electron chi connectivity index (χ2n) is 5.01. The lowest BCUT2D eigenvalue weighted by molar-refractivity contribution is 0.439. The molecule has 0 bridgehead atoms. The summed E-state index contributed by atoms with van der Waals surface area (Å²) in [5, 5.41) is 10.8. The molecule has 2 N–H and O–H groups in total. The van der Waals surface area contributed by atoms with Gasteiger partial charge in [0.25, 0.3) is 0 Å². The van der Waals surface area contributed by atoms with Crippen LogP contribution in [-0.2, 0) is 0 Å². The first kappa shape index (κ1) is 13.8. The molecule has 1 aromatic heterocycles. The van der Waals surface area contributed by atoms with Crippen molar-refractivity contribution in [2.45, 2.75) is 18.9 Å². The van der Waals surface area contributed by atoms with Crippen LogP contribution in [0, 0.1) is 3.57 Å². The number of H-pyrrole nitrogens is 1. The number of nitrogens with one attached hydrogen (secondary N) is 2. The van der Waals surface area contributed by atoms with E-state index < -0.39 is 0 Å². The van der Waals surface area contributed by atoms with E-state index >= 15 is 0 Å². The summed E-state index contributed by atoms with van der Waals surface area (Å²) in [6.07, 6.45) is 2.28. The Balaban J connectivity index is 1.76. The number of anilines is 1. The lowest BCUT2D eigenvalue weighted by atomic mass is 10.1. The van der Waals surface area contributed by atoms with E-state index in [-0.39, 0.29) is 0 Å². The van der Waals surface area contributed by atoms with Crippen LogP contribution >= 0.6 is 22.6 Å². The number of aromatic amines is 1. The maximum absolute atomic E-state index is 4.65. The second kappa shape index (κ2) is 6.09. The smallest absolute Gasteiger partial charge is 0.245 e. The molecule has 0 radical (unpaired) electrons. The van der Waals surface area contributed by atoms with Crippen molar-refractivity contribution in [1.29, 1.82) is 0 Å². The zero-order valence-corrected chi connectivity index (χ0v) is 13.6. The molecule has 1 aliphatic heterocycles.